The molecule has 138 valence electrons. The highest BCUT2D eigenvalue weighted by Gasteiger charge is 2.20. The lowest BCUT2D eigenvalue weighted by molar-refractivity contribution is 0.148. The van der Waals surface area contributed by atoms with Crippen LogP contribution < -0.4 is 5.32 Å². The van der Waals surface area contributed by atoms with E-state index in [1.54, 1.807) is 11.3 Å². The number of piperidine rings is 1. The van der Waals surface area contributed by atoms with E-state index >= 15 is 0 Å². The van der Waals surface area contributed by atoms with Gasteiger partial charge in [-0.05, 0) is 63.6 Å². The van der Waals surface area contributed by atoms with Gasteiger partial charge in [-0.15, -0.1) is 15.3 Å². The van der Waals surface area contributed by atoms with E-state index in [2.05, 4.69) is 49.9 Å². The highest BCUT2D eigenvalue weighted by Crippen LogP contribution is 2.21. The first-order chi connectivity index (χ1) is 12.7. The highest BCUT2D eigenvalue weighted by molar-refractivity contribution is 7.08. The van der Waals surface area contributed by atoms with Crippen molar-refractivity contribution >= 4 is 22.8 Å². The summed E-state index contributed by atoms with van der Waals surface area (Å²) >= 11 is 1.65. The standard InChI is InChI=1S/C18H25N7S/c1-23(2)15-5-9-24(10-6-15)11-8-19-16-3-4-17-20-21-18(25(17)22-16)14-7-12-26-13-14/h3-4,7,12-13,15H,5-6,8-11H2,1-2H3,(H,19,22). The molecule has 26 heavy (non-hydrogen) atoms. The van der Waals surface area contributed by atoms with Crippen molar-refractivity contribution in [1.29, 1.82) is 0 Å². The number of thiophene rings is 1. The quantitative estimate of drug-likeness (QED) is 0.717. The van der Waals surface area contributed by atoms with Crippen molar-refractivity contribution in [2.75, 3.05) is 45.6 Å². The number of nitrogens with zero attached hydrogens (tertiary/aromatic N) is 6. The van der Waals surface area contributed by atoms with Gasteiger partial charge in [0.2, 0.25) is 0 Å². The molecule has 8 heteroatoms. The first-order valence-corrected chi connectivity index (χ1v) is 10.0. The summed E-state index contributed by atoms with van der Waals surface area (Å²) in [6.07, 6.45) is 2.50. The zero-order valence-electron chi connectivity index (χ0n) is 15.3. The summed E-state index contributed by atoms with van der Waals surface area (Å²) in [7, 11) is 4.36. The molecule has 4 heterocycles. The topological polar surface area (TPSA) is 61.6 Å². The molecule has 0 saturated carbocycles. The Kier molecular flexibility index (Phi) is 5.14. The minimum Gasteiger partial charge on any atom is -0.367 e. The summed E-state index contributed by atoms with van der Waals surface area (Å²) in [6, 6.07) is 6.70. The molecule has 0 bridgehead atoms. The molecule has 7 nitrogen and oxygen atoms in total. The molecule has 3 aromatic heterocycles. The van der Waals surface area contributed by atoms with Crippen LogP contribution >= 0.6 is 11.3 Å². The number of anilines is 1. The number of hydrogen-bond donors (Lipinski definition) is 1. The molecule has 1 aliphatic heterocycles. The summed E-state index contributed by atoms with van der Waals surface area (Å²) in [6.45, 7) is 4.27. The largest absolute Gasteiger partial charge is 0.367 e. The van der Waals surface area contributed by atoms with Crippen LogP contribution in [0.3, 0.4) is 0 Å². The minimum atomic E-state index is 0.729. The average molecular weight is 372 g/mol. The monoisotopic (exact) mass is 371 g/mol. The Bertz CT molecular complexity index is 834. The lowest BCUT2D eigenvalue weighted by Gasteiger charge is -2.35. The smallest absolute Gasteiger partial charge is 0.186 e. The van der Waals surface area contributed by atoms with Gasteiger partial charge in [0, 0.05) is 30.1 Å². The number of likely N-dealkylation sites (tertiary alicyclic amines) is 1. The maximum atomic E-state index is 4.67. The Labute approximate surface area is 157 Å². The molecule has 0 atom stereocenters. The van der Waals surface area contributed by atoms with Crippen molar-refractivity contribution in [3.8, 4) is 11.4 Å². The second-order valence-electron chi connectivity index (χ2n) is 6.99. The first-order valence-electron chi connectivity index (χ1n) is 9.08. The van der Waals surface area contributed by atoms with Crippen LogP contribution in [0, 0.1) is 0 Å². The summed E-state index contributed by atoms with van der Waals surface area (Å²) < 4.78 is 1.81. The predicted molar refractivity (Wildman–Crippen MR) is 106 cm³/mol. The lowest BCUT2D eigenvalue weighted by Crippen LogP contribution is -2.43. The van der Waals surface area contributed by atoms with Crippen molar-refractivity contribution in [2.24, 2.45) is 0 Å². The van der Waals surface area contributed by atoms with Crippen molar-refractivity contribution in [2.45, 2.75) is 18.9 Å². The fourth-order valence-electron chi connectivity index (χ4n) is 3.46. The second kappa shape index (κ2) is 7.69. The van der Waals surface area contributed by atoms with E-state index in [0.29, 0.717) is 0 Å². The third-order valence-electron chi connectivity index (χ3n) is 5.06. The van der Waals surface area contributed by atoms with Crippen LogP contribution in [0.2, 0.25) is 0 Å². The van der Waals surface area contributed by atoms with Gasteiger partial charge in [-0.3, -0.25) is 0 Å². The molecule has 0 aromatic carbocycles. The van der Waals surface area contributed by atoms with Gasteiger partial charge in [-0.25, -0.2) is 0 Å². The van der Waals surface area contributed by atoms with Crippen molar-refractivity contribution < 1.29 is 0 Å². The van der Waals surface area contributed by atoms with Gasteiger partial charge in [0.05, 0.1) is 0 Å². The van der Waals surface area contributed by atoms with E-state index in [9.17, 15) is 0 Å². The molecule has 0 spiro atoms. The van der Waals surface area contributed by atoms with E-state index in [-0.39, 0.29) is 0 Å². The molecule has 4 rings (SSSR count). The van der Waals surface area contributed by atoms with Crippen molar-refractivity contribution in [3.05, 3.63) is 29.0 Å². The molecular formula is C18H25N7S. The number of fused-ring (bicyclic) bond motifs is 1. The molecule has 1 saturated heterocycles. The summed E-state index contributed by atoms with van der Waals surface area (Å²) in [4.78, 5) is 4.88. The summed E-state index contributed by atoms with van der Waals surface area (Å²) in [5, 5.41) is 20.7. The maximum Gasteiger partial charge on any atom is 0.186 e. The Morgan fingerprint density at radius 1 is 1.19 bits per heavy atom. The predicted octanol–water partition coefficient (Wildman–Crippen LogP) is 2.29. The van der Waals surface area contributed by atoms with Gasteiger partial charge in [0.25, 0.3) is 0 Å². The van der Waals surface area contributed by atoms with Gasteiger partial charge in [0.15, 0.2) is 11.5 Å². The van der Waals surface area contributed by atoms with Crippen LogP contribution in [0.15, 0.2) is 29.0 Å². The highest BCUT2D eigenvalue weighted by atomic mass is 32.1. The SMILES string of the molecule is CN(C)C1CCN(CCNc2ccc3nnc(-c4ccsc4)n3n2)CC1. The number of nitrogens with one attached hydrogen (secondary N) is 1. The van der Waals surface area contributed by atoms with E-state index in [1.165, 1.54) is 25.9 Å². The van der Waals surface area contributed by atoms with Gasteiger partial charge in [-0.2, -0.15) is 15.9 Å². The van der Waals surface area contributed by atoms with E-state index in [0.717, 1.165) is 42.0 Å². The molecule has 3 aromatic rings. The minimum absolute atomic E-state index is 0.729. The van der Waals surface area contributed by atoms with Crippen LogP contribution in [0.5, 0.6) is 0 Å². The van der Waals surface area contributed by atoms with Crippen molar-refractivity contribution in [1.82, 2.24) is 29.6 Å². The Morgan fingerprint density at radius 3 is 2.77 bits per heavy atom. The third kappa shape index (κ3) is 3.72. The van der Waals surface area contributed by atoms with Crippen LogP contribution in [-0.4, -0.2) is 75.9 Å². The zero-order chi connectivity index (χ0) is 17.9. The fraction of sp³-hybridized carbons (Fsp3) is 0.500. The Balaban J connectivity index is 1.35. The summed E-state index contributed by atoms with van der Waals surface area (Å²) in [5.74, 6) is 1.65. The van der Waals surface area contributed by atoms with Gasteiger partial charge in [-0.1, -0.05) is 0 Å². The zero-order valence-corrected chi connectivity index (χ0v) is 16.1. The number of aromatic nitrogens is 4. The van der Waals surface area contributed by atoms with Crippen molar-refractivity contribution in [3.63, 3.8) is 0 Å². The normalized spacial score (nSPS) is 16.6. The van der Waals surface area contributed by atoms with E-state index in [1.807, 2.05) is 28.1 Å². The number of hydrogen-bond acceptors (Lipinski definition) is 7. The van der Waals surface area contributed by atoms with Crippen LogP contribution in [0.4, 0.5) is 5.82 Å². The van der Waals surface area contributed by atoms with Gasteiger partial charge >= 0.3 is 0 Å². The van der Waals surface area contributed by atoms with Gasteiger partial charge in [0.1, 0.15) is 5.82 Å². The first kappa shape index (κ1) is 17.4. The van der Waals surface area contributed by atoms with Crippen LogP contribution in [0.1, 0.15) is 12.8 Å². The molecule has 1 fully saturated rings. The van der Waals surface area contributed by atoms with Crippen LogP contribution in [-0.2, 0) is 0 Å². The number of rotatable bonds is 6. The molecule has 0 radical (unpaired) electrons. The average Bonchev–Trinajstić information content (AvgIpc) is 3.31. The van der Waals surface area contributed by atoms with E-state index in [4.69, 9.17) is 0 Å². The molecule has 1 N–H and O–H groups in total. The second-order valence-corrected chi connectivity index (χ2v) is 7.77. The third-order valence-corrected chi connectivity index (χ3v) is 5.75. The van der Waals surface area contributed by atoms with E-state index < -0.39 is 0 Å². The molecule has 1 aliphatic rings. The lowest BCUT2D eigenvalue weighted by atomic mass is 10.0. The Morgan fingerprint density at radius 2 is 2.04 bits per heavy atom. The molecule has 0 amide bonds. The summed E-state index contributed by atoms with van der Waals surface area (Å²) in [5.41, 5.74) is 1.82. The maximum absolute atomic E-state index is 4.67. The fourth-order valence-corrected chi connectivity index (χ4v) is 4.09. The molecule has 0 unspecified atom stereocenters. The Hall–Kier alpha value is -2.03. The van der Waals surface area contributed by atoms with Crippen LogP contribution in [0.25, 0.3) is 17.0 Å². The van der Waals surface area contributed by atoms with Gasteiger partial charge < -0.3 is 15.1 Å². The molecular weight excluding hydrogens is 346 g/mol. The molecule has 0 aliphatic carbocycles.